The molecule has 2 rings (SSSR count). The standard InChI is InChI=1S/C21H26ClN3O3/c1-7-21(4,5)24-20(28)18(26)17-12(2)16(13(3)25(17)6)19(27)23-15-10-8-9-14(22)11-15/h8-11H,7H2,1-6H3,(H,23,27)(H,24,28). The summed E-state index contributed by atoms with van der Waals surface area (Å²) >= 11 is 5.96. The van der Waals surface area contributed by atoms with Crippen LogP contribution in [-0.4, -0.2) is 27.7 Å². The van der Waals surface area contributed by atoms with Gasteiger partial charge < -0.3 is 15.2 Å². The van der Waals surface area contributed by atoms with Crippen LogP contribution in [0.4, 0.5) is 5.69 Å². The van der Waals surface area contributed by atoms with Crippen LogP contribution in [0.3, 0.4) is 0 Å². The zero-order valence-electron chi connectivity index (χ0n) is 17.1. The number of hydrogen-bond acceptors (Lipinski definition) is 3. The summed E-state index contributed by atoms with van der Waals surface area (Å²) in [6, 6.07) is 6.81. The summed E-state index contributed by atoms with van der Waals surface area (Å²) < 4.78 is 1.59. The first-order valence-corrected chi connectivity index (χ1v) is 9.46. The number of amides is 2. The Morgan fingerprint density at radius 1 is 1.18 bits per heavy atom. The van der Waals surface area contributed by atoms with Crippen molar-refractivity contribution in [1.29, 1.82) is 0 Å². The highest BCUT2D eigenvalue weighted by Crippen LogP contribution is 2.24. The molecule has 0 spiro atoms. The third-order valence-corrected chi connectivity index (χ3v) is 5.23. The van der Waals surface area contributed by atoms with E-state index in [1.54, 1.807) is 49.7 Å². The van der Waals surface area contributed by atoms with E-state index in [0.29, 0.717) is 34.0 Å². The molecule has 7 heteroatoms. The number of benzene rings is 1. The minimum Gasteiger partial charge on any atom is -0.344 e. The predicted molar refractivity (Wildman–Crippen MR) is 111 cm³/mol. The fraction of sp³-hybridized carbons (Fsp3) is 0.381. The van der Waals surface area contributed by atoms with Gasteiger partial charge in [0, 0.05) is 29.0 Å². The molecular formula is C21H26ClN3O3. The van der Waals surface area contributed by atoms with E-state index >= 15 is 0 Å². The van der Waals surface area contributed by atoms with Crippen LogP contribution in [0.15, 0.2) is 24.3 Å². The molecule has 0 atom stereocenters. The summed E-state index contributed by atoms with van der Waals surface area (Å²) in [5.74, 6) is -1.70. The molecule has 0 radical (unpaired) electrons. The van der Waals surface area contributed by atoms with Gasteiger partial charge in [-0.05, 0) is 57.9 Å². The van der Waals surface area contributed by atoms with E-state index < -0.39 is 17.2 Å². The van der Waals surface area contributed by atoms with Crippen LogP contribution in [0.25, 0.3) is 0 Å². The molecule has 0 aliphatic heterocycles. The van der Waals surface area contributed by atoms with Gasteiger partial charge in [0.15, 0.2) is 0 Å². The molecule has 1 aromatic carbocycles. The highest BCUT2D eigenvalue weighted by molar-refractivity contribution is 6.43. The lowest BCUT2D eigenvalue weighted by atomic mass is 10.0. The number of hydrogen-bond donors (Lipinski definition) is 2. The Morgan fingerprint density at radius 3 is 2.39 bits per heavy atom. The van der Waals surface area contributed by atoms with Gasteiger partial charge >= 0.3 is 0 Å². The SMILES string of the molecule is CCC(C)(C)NC(=O)C(=O)c1c(C)c(C(=O)Nc2cccc(Cl)c2)c(C)n1C. The first kappa shape index (κ1) is 21.7. The third-order valence-electron chi connectivity index (χ3n) is 5.00. The highest BCUT2D eigenvalue weighted by Gasteiger charge is 2.30. The molecule has 0 bridgehead atoms. The van der Waals surface area contributed by atoms with Gasteiger partial charge in [-0.25, -0.2) is 0 Å². The van der Waals surface area contributed by atoms with Crippen LogP contribution in [0.1, 0.15) is 59.3 Å². The van der Waals surface area contributed by atoms with Crippen molar-refractivity contribution in [2.24, 2.45) is 7.05 Å². The van der Waals surface area contributed by atoms with Crippen LogP contribution >= 0.6 is 11.6 Å². The first-order valence-electron chi connectivity index (χ1n) is 9.08. The number of Topliss-reactive ketones (excluding diaryl/α,β-unsaturated/α-hetero) is 1. The Hall–Kier alpha value is -2.60. The van der Waals surface area contributed by atoms with Crippen LogP contribution < -0.4 is 10.6 Å². The number of halogens is 1. The van der Waals surface area contributed by atoms with Crippen molar-refractivity contribution in [2.75, 3.05) is 5.32 Å². The van der Waals surface area contributed by atoms with E-state index in [4.69, 9.17) is 11.6 Å². The number of aromatic nitrogens is 1. The van der Waals surface area contributed by atoms with Gasteiger partial charge in [-0.15, -0.1) is 0 Å². The Kier molecular flexibility index (Phi) is 6.34. The van der Waals surface area contributed by atoms with Crippen molar-refractivity contribution in [3.8, 4) is 0 Å². The topological polar surface area (TPSA) is 80.2 Å². The molecule has 28 heavy (non-hydrogen) atoms. The Morgan fingerprint density at radius 2 is 1.82 bits per heavy atom. The third kappa shape index (κ3) is 4.44. The van der Waals surface area contributed by atoms with Gasteiger partial charge in [-0.2, -0.15) is 0 Å². The van der Waals surface area contributed by atoms with Gasteiger partial charge in [0.1, 0.15) is 0 Å². The smallest absolute Gasteiger partial charge is 0.294 e. The lowest BCUT2D eigenvalue weighted by Crippen LogP contribution is -2.46. The van der Waals surface area contributed by atoms with Crippen molar-refractivity contribution in [2.45, 2.75) is 46.6 Å². The predicted octanol–water partition coefficient (Wildman–Crippen LogP) is 4.04. The van der Waals surface area contributed by atoms with E-state index in [9.17, 15) is 14.4 Å². The average molecular weight is 404 g/mol. The quantitative estimate of drug-likeness (QED) is 0.564. The number of anilines is 1. The molecule has 1 aromatic heterocycles. The Balaban J connectivity index is 2.36. The summed E-state index contributed by atoms with van der Waals surface area (Å²) in [4.78, 5) is 38.1. The monoisotopic (exact) mass is 403 g/mol. The molecule has 0 unspecified atom stereocenters. The largest absolute Gasteiger partial charge is 0.344 e. The zero-order chi connectivity index (χ0) is 21.2. The second-order valence-electron chi connectivity index (χ2n) is 7.48. The van der Waals surface area contributed by atoms with E-state index in [0.717, 1.165) is 0 Å². The van der Waals surface area contributed by atoms with Gasteiger partial charge in [-0.3, -0.25) is 14.4 Å². The minimum absolute atomic E-state index is 0.207. The molecule has 0 saturated heterocycles. The lowest BCUT2D eigenvalue weighted by Gasteiger charge is -2.24. The fourth-order valence-electron chi connectivity index (χ4n) is 2.95. The molecule has 0 aliphatic rings. The fourth-order valence-corrected chi connectivity index (χ4v) is 3.14. The first-order chi connectivity index (χ1) is 13.0. The van der Waals surface area contributed by atoms with Crippen molar-refractivity contribution in [3.63, 3.8) is 0 Å². The number of rotatable bonds is 6. The summed E-state index contributed by atoms with van der Waals surface area (Å²) in [6.45, 7) is 9.05. The van der Waals surface area contributed by atoms with E-state index in [2.05, 4.69) is 10.6 Å². The number of carbonyl (C=O) groups excluding carboxylic acids is 3. The lowest BCUT2D eigenvalue weighted by molar-refractivity contribution is -0.118. The van der Waals surface area contributed by atoms with Gasteiger partial charge in [-0.1, -0.05) is 24.6 Å². The maximum Gasteiger partial charge on any atom is 0.294 e. The highest BCUT2D eigenvalue weighted by atomic mass is 35.5. The van der Waals surface area contributed by atoms with E-state index in [-0.39, 0.29) is 11.6 Å². The molecule has 2 aromatic rings. The summed E-state index contributed by atoms with van der Waals surface area (Å²) in [6.07, 6.45) is 0.685. The van der Waals surface area contributed by atoms with Crippen LogP contribution in [0.5, 0.6) is 0 Å². The van der Waals surface area contributed by atoms with Gasteiger partial charge in [0.05, 0.1) is 11.3 Å². The number of nitrogens with zero attached hydrogens (tertiary/aromatic N) is 1. The maximum absolute atomic E-state index is 12.8. The number of ketones is 1. The molecule has 6 nitrogen and oxygen atoms in total. The molecular weight excluding hydrogens is 378 g/mol. The summed E-state index contributed by atoms with van der Waals surface area (Å²) in [7, 11) is 1.67. The zero-order valence-corrected chi connectivity index (χ0v) is 17.8. The van der Waals surface area contributed by atoms with Crippen molar-refractivity contribution in [1.82, 2.24) is 9.88 Å². The molecule has 2 amide bonds. The normalized spacial score (nSPS) is 11.2. The molecule has 0 fully saturated rings. The minimum atomic E-state index is -0.683. The Bertz CT molecular complexity index is 945. The van der Waals surface area contributed by atoms with Crippen molar-refractivity contribution >= 4 is 34.9 Å². The maximum atomic E-state index is 12.8. The van der Waals surface area contributed by atoms with Crippen LogP contribution in [0, 0.1) is 13.8 Å². The average Bonchev–Trinajstić information content (AvgIpc) is 2.83. The second-order valence-corrected chi connectivity index (χ2v) is 7.91. The van der Waals surface area contributed by atoms with E-state index in [1.807, 2.05) is 20.8 Å². The number of nitrogens with one attached hydrogen (secondary N) is 2. The molecule has 0 aliphatic carbocycles. The van der Waals surface area contributed by atoms with Crippen LogP contribution in [0.2, 0.25) is 5.02 Å². The van der Waals surface area contributed by atoms with E-state index in [1.165, 1.54) is 0 Å². The summed E-state index contributed by atoms with van der Waals surface area (Å²) in [5.41, 5.74) is 1.70. The van der Waals surface area contributed by atoms with Crippen molar-refractivity contribution in [3.05, 3.63) is 51.8 Å². The molecule has 1 heterocycles. The van der Waals surface area contributed by atoms with Crippen LogP contribution in [-0.2, 0) is 11.8 Å². The second kappa shape index (κ2) is 8.19. The number of carbonyl (C=O) groups is 3. The molecule has 150 valence electrons. The van der Waals surface area contributed by atoms with Crippen molar-refractivity contribution < 1.29 is 14.4 Å². The van der Waals surface area contributed by atoms with Gasteiger partial charge in [0.25, 0.3) is 17.6 Å². The molecule has 0 saturated carbocycles. The van der Waals surface area contributed by atoms with Gasteiger partial charge in [0.2, 0.25) is 0 Å². The molecule has 2 N–H and O–H groups in total. The Labute approximate surface area is 170 Å². The summed E-state index contributed by atoms with van der Waals surface area (Å²) in [5, 5.41) is 6.04.